The van der Waals surface area contributed by atoms with Gasteiger partial charge in [0, 0.05) is 11.1 Å². The van der Waals surface area contributed by atoms with Gasteiger partial charge in [0.2, 0.25) is 0 Å². The van der Waals surface area contributed by atoms with Crippen molar-refractivity contribution < 1.29 is 24.6 Å². The number of hydrogen-bond acceptors (Lipinski definition) is 3. The molecule has 0 aliphatic heterocycles. The molecule has 2 amide bonds. The fraction of sp³-hybridized carbons (Fsp3) is 0. The molecule has 4 aromatic rings. The van der Waals surface area contributed by atoms with Gasteiger partial charge in [-0.1, -0.05) is 60.7 Å². The van der Waals surface area contributed by atoms with E-state index in [0.29, 0.717) is 21.9 Å². The predicted molar refractivity (Wildman–Crippen MR) is 115 cm³/mol. The summed E-state index contributed by atoms with van der Waals surface area (Å²) in [6.45, 7) is 0. The zero-order chi connectivity index (χ0) is 21.8. The van der Waals surface area contributed by atoms with Crippen LogP contribution in [0.4, 0.5) is 4.79 Å². The lowest BCUT2D eigenvalue weighted by Crippen LogP contribution is -2.18. The number of fused-ring (bicyclic) bond motifs is 2. The van der Waals surface area contributed by atoms with Crippen LogP contribution in [0.3, 0.4) is 0 Å². The van der Waals surface area contributed by atoms with Crippen molar-refractivity contribution in [1.29, 1.82) is 0 Å². The van der Waals surface area contributed by atoms with Crippen LogP contribution in [0.15, 0.2) is 72.8 Å². The third-order valence-electron chi connectivity index (χ3n) is 4.57. The second-order valence-corrected chi connectivity index (χ2v) is 6.43. The van der Waals surface area contributed by atoms with Gasteiger partial charge in [-0.05, 0) is 33.7 Å². The number of aromatic carboxylic acids is 2. The van der Waals surface area contributed by atoms with Crippen molar-refractivity contribution in [3.8, 4) is 11.1 Å². The molecule has 0 atom stereocenters. The fourth-order valence-electron chi connectivity index (χ4n) is 3.44. The molecule has 150 valence electrons. The standard InChI is InChI=1S/C22H14O4.CH4N2O/c23-21(24)17-11-9-13-5-1-3-7-15(13)19(17)20-16-8-4-2-6-14(16)10-12-18(20)22(25)26;2-1(3)4/h1-12H,(H,23,24)(H,25,26);(H4,2,3,4). The summed E-state index contributed by atoms with van der Waals surface area (Å²) in [6.07, 6.45) is 0. The average Bonchev–Trinajstić information content (AvgIpc) is 2.71. The van der Waals surface area contributed by atoms with E-state index in [-0.39, 0.29) is 11.1 Å². The molecule has 0 fully saturated rings. The molecular weight excluding hydrogens is 384 g/mol. The molecule has 0 unspecified atom stereocenters. The number of carbonyl (C=O) groups excluding carboxylic acids is 1. The maximum Gasteiger partial charge on any atom is 0.336 e. The average molecular weight is 402 g/mol. The van der Waals surface area contributed by atoms with E-state index in [1.54, 1.807) is 12.1 Å². The Labute approximate surface area is 171 Å². The molecular formula is C23H18N2O5. The van der Waals surface area contributed by atoms with Gasteiger partial charge in [0.05, 0.1) is 11.1 Å². The monoisotopic (exact) mass is 402 g/mol. The summed E-state index contributed by atoms with van der Waals surface area (Å²) in [5, 5.41) is 22.6. The molecule has 7 heteroatoms. The van der Waals surface area contributed by atoms with Crippen LogP contribution in [0, 0.1) is 0 Å². The van der Waals surface area contributed by atoms with Gasteiger partial charge in [-0.2, -0.15) is 0 Å². The number of carboxylic acid groups (broad SMARTS) is 2. The summed E-state index contributed by atoms with van der Waals surface area (Å²) in [4.78, 5) is 32.8. The number of benzene rings is 4. The summed E-state index contributed by atoms with van der Waals surface area (Å²) < 4.78 is 0. The van der Waals surface area contributed by atoms with Crippen LogP contribution in [0.5, 0.6) is 0 Å². The maximum atomic E-state index is 11.9. The van der Waals surface area contributed by atoms with Crippen LogP contribution < -0.4 is 11.5 Å². The molecule has 4 aromatic carbocycles. The Morgan fingerprint density at radius 1 is 0.567 bits per heavy atom. The van der Waals surface area contributed by atoms with Gasteiger partial charge in [-0.3, -0.25) is 0 Å². The topological polar surface area (TPSA) is 144 Å². The summed E-state index contributed by atoms with van der Waals surface area (Å²) >= 11 is 0. The lowest BCUT2D eigenvalue weighted by atomic mass is 9.87. The first-order valence-electron chi connectivity index (χ1n) is 8.86. The van der Waals surface area contributed by atoms with Crippen LogP contribution in [-0.2, 0) is 0 Å². The van der Waals surface area contributed by atoms with Crippen molar-refractivity contribution in [1.82, 2.24) is 0 Å². The highest BCUT2D eigenvalue weighted by molar-refractivity contribution is 6.17. The molecule has 0 heterocycles. The van der Waals surface area contributed by atoms with Crippen LogP contribution in [0.25, 0.3) is 32.7 Å². The van der Waals surface area contributed by atoms with Gasteiger partial charge < -0.3 is 21.7 Å². The predicted octanol–water partition coefficient (Wildman–Crippen LogP) is 4.08. The number of primary amides is 2. The molecule has 4 rings (SSSR count). The van der Waals surface area contributed by atoms with Gasteiger partial charge in [0.1, 0.15) is 0 Å². The van der Waals surface area contributed by atoms with Gasteiger partial charge in [0.15, 0.2) is 0 Å². The maximum absolute atomic E-state index is 11.9. The Balaban J connectivity index is 0.000000589. The van der Waals surface area contributed by atoms with E-state index >= 15 is 0 Å². The van der Waals surface area contributed by atoms with Crippen molar-refractivity contribution >= 4 is 39.5 Å². The lowest BCUT2D eigenvalue weighted by molar-refractivity contribution is 0.0684. The Morgan fingerprint density at radius 3 is 1.23 bits per heavy atom. The van der Waals surface area contributed by atoms with Crippen LogP contribution in [0.1, 0.15) is 20.7 Å². The molecule has 0 aliphatic rings. The molecule has 0 saturated carbocycles. The third-order valence-corrected chi connectivity index (χ3v) is 4.57. The van der Waals surface area contributed by atoms with E-state index in [4.69, 9.17) is 4.79 Å². The van der Waals surface area contributed by atoms with Crippen molar-refractivity contribution in [3.63, 3.8) is 0 Å². The number of carbonyl (C=O) groups is 3. The van der Waals surface area contributed by atoms with Gasteiger partial charge >= 0.3 is 18.0 Å². The zero-order valence-electron chi connectivity index (χ0n) is 15.7. The van der Waals surface area contributed by atoms with Gasteiger partial charge in [-0.25, -0.2) is 14.4 Å². The van der Waals surface area contributed by atoms with Gasteiger partial charge in [0.25, 0.3) is 0 Å². The Morgan fingerprint density at radius 2 is 0.900 bits per heavy atom. The number of hydrogen-bond donors (Lipinski definition) is 4. The SMILES string of the molecule is NC(N)=O.O=C(O)c1ccc2ccccc2c1-c1c(C(=O)O)ccc2ccccc12. The van der Waals surface area contributed by atoms with Crippen molar-refractivity contribution in [2.24, 2.45) is 11.5 Å². The van der Waals surface area contributed by atoms with E-state index < -0.39 is 18.0 Å². The molecule has 0 saturated heterocycles. The number of amides is 2. The Hall–Kier alpha value is -4.39. The zero-order valence-corrected chi connectivity index (χ0v) is 15.7. The van der Waals surface area contributed by atoms with Gasteiger partial charge in [-0.15, -0.1) is 0 Å². The summed E-state index contributed by atoms with van der Waals surface area (Å²) in [6, 6.07) is 20.5. The van der Waals surface area contributed by atoms with E-state index in [1.807, 2.05) is 48.5 Å². The van der Waals surface area contributed by atoms with Crippen LogP contribution >= 0.6 is 0 Å². The quantitative estimate of drug-likeness (QED) is 0.408. The molecule has 7 nitrogen and oxygen atoms in total. The minimum atomic E-state index is -1.09. The number of rotatable bonds is 3. The van der Waals surface area contributed by atoms with Crippen molar-refractivity contribution in [3.05, 3.63) is 83.9 Å². The minimum Gasteiger partial charge on any atom is -0.478 e. The van der Waals surface area contributed by atoms with E-state index in [2.05, 4.69) is 11.5 Å². The first kappa shape index (κ1) is 20.3. The summed E-state index contributed by atoms with van der Waals surface area (Å²) in [5.41, 5.74) is 9.54. The van der Waals surface area contributed by atoms with E-state index in [0.717, 1.165) is 10.8 Å². The molecule has 6 N–H and O–H groups in total. The van der Waals surface area contributed by atoms with E-state index in [9.17, 15) is 19.8 Å². The normalized spacial score (nSPS) is 10.3. The highest BCUT2D eigenvalue weighted by atomic mass is 16.4. The largest absolute Gasteiger partial charge is 0.478 e. The van der Waals surface area contributed by atoms with Crippen LogP contribution in [0.2, 0.25) is 0 Å². The third kappa shape index (κ3) is 3.90. The number of urea groups is 1. The van der Waals surface area contributed by atoms with Crippen LogP contribution in [-0.4, -0.2) is 28.2 Å². The summed E-state index contributed by atoms with van der Waals surface area (Å²) in [7, 11) is 0. The highest BCUT2D eigenvalue weighted by Gasteiger charge is 2.22. The molecule has 0 radical (unpaired) electrons. The van der Waals surface area contributed by atoms with E-state index in [1.165, 1.54) is 12.1 Å². The number of carboxylic acids is 2. The Kier molecular flexibility index (Phi) is 5.64. The molecule has 0 bridgehead atoms. The lowest BCUT2D eigenvalue weighted by Gasteiger charge is -2.16. The highest BCUT2D eigenvalue weighted by Crippen LogP contribution is 2.39. The van der Waals surface area contributed by atoms with Crippen molar-refractivity contribution in [2.75, 3.05) is 0 Å². The second-order valence-electron chi connectivity index (χ2n) is 6.43. The Bertz CT molecular complexity index is 1200. The fourth-order valence-corrected chi connectivity index (χ4v) is 3.44. The first-order chi connectivity index (χ1) is 14.3. The van der Waals surface area contributed by atoms with Crippen molar-refractivity contribution in [2.45, 2.75) is 0 Å². The molecule has 0 aliphatic carbocycles. The minimum absolute atomic E-state index is 0.0857. The smallest absolute Gasteiger partial charge is 0.336 e. The first-order valence-corrected chi connectivity index (χ1v) is 8.86. The molecule has 30 heavy (non-hydrogen) atoms. The molecule has 0 aromatic heterocycles. The summed E-state index contributed by atoms with van der Waals surface area (Å²) in [5.74, 6) is -2.18. The molecule has 0 spiro atoms. The second kappa shape index (κ2) is 8.32. The number of nitrogens with two attached hydrogens (primary N) is 2.